The summed E-state index contributed by atoms with van der Waals surface area (Å²) in [5, 5.41) is 5.92. The summed E-state index contributed by atoms with van der Waals surface area (Å²) in [6, 6.07) is 15.4. The van der Waals surface area contributed by atoms with Gasteiger partial charge in [-0.3, -0.25) is 14.5 Å². The molecule has 2 aromatic rings. The molecule has 0 saturated carbocycles. The first-order valence-electron chi connectivity index (χ1n) is 11.5. The number of carbonyl (C=O) groups is 2. The maximum absolute atomic E-state index is 12.7. The number of sulfonamides is 1. The van der Waals surface area contributed by atoms with E-state index in [2.05, 4.69) is 15.5 Å². The quantitative estimate of drug-likeness (QED) is 0.615. The Labute approximate surface area is 200 Å². The Hall–Kier alpha value is -2.79. The number of nitrogens with zero attached hydrogens (tertiary/aromatic N) is 2. The Morgan fingerprint density at radius 2 is 1.56 bits per heavy atom. The molecule has 0 aromatic heterocycles. The number of morpholine rings is 1. The van der Waals surface area contributed by atoms with Crippen LogP contribution >= 0.6 is 0 Å². The number of amides is 2. The van der Waals surface area contributed by atoms with Gasteiger partial charge in [0.05, 0.1) is 24.7 Å². The lowest BCUT2D eigenvalue weighted by molar-refractivity contribution is -0.117. The van der Waals surface area contributed by atoms with E-state index in [1.54, 1.807) is 12.1 Å². The average Bonchev–Trinajstić information content (AvgIpc) is 2.86. The van der Waals surface area contributed by atoms with E-state index in [0.717, 1.165) is 18.5 Å². The first-order chi connectivity index (χ1) is 16.4. The minimum absolute atomic E-state index is 0.0118. The fraction of sp³-hybridized carbons (Fsp3) is 0.417. The second-order valence-electron chi connectivity index (χ2n) is 8.48. The molecule has 2 aliphatic rings. The summed E-state index contributed by atoms with van der Waals surface area (Å²) in [5.74, 6) is -0.281. The van der Waals surface area contributed by atoms with Crippen molar-refractivity contribution < 1.29 is 22.7 Å². The highest BCUT2D eigenvalue weighted by Crippen LogP contribution is 2.18. The van der Waals surface area contributed by atoms with Gasteiger partial charge in [0, 0.05) is 43.5 Å². The summed E-state index contributed by atoms with van der Waals surface area (Å²) in [5.41, 5.74) is 1.20. The Morgan fingerprint density at radius 1 is 0.912 bits per heavy atom. The van der Waals surface area contributed by atoms with E-state index < -0.39 is 10.0 Å². The Bertz CT molecular complexity index is 1080. The number of nitrogens with one attached hydrogen (secondary N) is 2. The van der Waals surface area contributed by atoms with Crippen LogP contribution in [0.2, 0.25) is 0 Å². The molecule has 2 amide bonds. The van der Waals surface area contributed by atoms with Gasteiger partial charge >= 0.3 is 0 Å². The van der Waals surface area contributed by atoms with Crippen LogP contribution in [0, 0.1) is 0 Å². The van der Waals surface area contributed by atoms with E-state index in [-0.39, 0.29) is 22.8 Å². The monoisotopic (exact) mass is 486 g/mol. The van der Waals surface area contributed by atoms with Crippen molar-refractivity contribution in [2.45, 2.75) is 23.8 Å². The number of hydrogen-bond acceptors (Lipinski definition) is 6. The summed E-state index contributed by atoms with van der Waals surface area (Å²) < 4.78 is 32.1. The van der Waals surface area contributed by atoms with Gasteiger partial charge in [-0.2, -0.15) is 4.31 Å². The molecule has 0 aliphatic carbocycles. The molecular formula is C24H30N4O5S. The number of anilines is 1. The SMILES string of the molecule is O=C(CN1CCC(NC(=O)c2ccc(S(=O)(=O)N3CCOCC3)cc2)CC1)Nc1ccccc1. The molecule has 4 rings (SSSR count). The second-order valence-corrected chi connectivity index (χ2v) is 10.4. The molecule has 2 fully saturated rings. The summed E-state index contributed by atoms with van der Waals surface area (Å²) in [4.78, 5) is 27.2. The minimum Gasteiger partial charge on any atom is -0.379 e. The molecule has 2 heterocycles. The molecule has 0 atom stereocenters. The van der Waals surface area contributed by atoms with Crippen LogP contribution in [-0.2, 0) is 19.6 Å². The van der Waals surface area contributed by atoms with Crippen molar-refractivity contribution in [2.75, 3.05) is 51.3 Å². The van der Waals surface area contributed by atoms with Crippen molar-refractivity contribution >= 4 is 27.5 Å². The van der Waals surface area contributed by atoms with E-state index in [1.807, 2.05) is 30.3 Å². The van der Waals surface area contributed by atoms with Crippen LogP contribution in [0.5, 0.6) is 0 Å². The molecule has 0 spiro atoms. The van der Waals surface area contributed by atoms with Crippen molar-refractivity contribution in [1.29, 1.82) is 0 Å². The van der Waals surface area contributed by atoms with Crippen molar-refractivity contribution in [2.24, 2.45) is 0 Å². The van der Waals surface area contributed by atoms with E-state index >= 15 is 0 Å². The summed E-state index contributed by atoms with van der Waals surface area (Å²) >= 11 is 0. The third kappa shape index (κ3) is 6.20. The summed E-state index contributed by atoms with van der Waals surface area (Å²) in [6.07, 6.45) is 1.49. The van der Waals surface area contributed by atoms with Crippen LogP contribution in [0.25, 0.3) is 0 Å². The number of carbonyl (C=O) groups excluding carboxylic acids is 2. The van der Waals surface area contributed by atoms with Crippen LogP contribution in [0.3, 0.4) is 0 Å². The number of piperidine rings is 1. The number of hydrogen-bond donors (Lipinski definition) is 2. The van der Waals surface area contributed by atoms with E-state index in [0.29, 0.717) is 51.5 Å². The van der Waals surface area contributed by atoms with Gasteiger partial charge in [-0.1, -0.05) is 18.2 Å². The fourth-order valence-corrected chi connectivity index (χ4v) is 5.55. The number of ether oxygens (including phenoxy) is 1. The predicted molar refractivity (Wildman–Crippen MR) is 128 cm³/mol. The van der Waals surface area contributed by atoms with Gasteiger partial charge in [0.25, 0.3) is 5.91 Å². The number of para-hydroxylation sites is 1. The molecule has 10 heteroatoms. The molecular weight excluding hydrogens is 456 g/mol. The molecule has 0 radical (unpaired) electrons. The standard InChI is InChI=1S/C24H30N4O5S/c29-23(25-20-4-2-1-3-5-20)18-27-12-10-21(11-13-27)26-24(30)19-6-8-22(9-7-19)34(31,32)28-14-16-33-17-15-28/h1-9,21H,10-18H2,(H,25,29)(H,26,30). The normalized spacial score (nSPS) is 18.4. The van der Waals surface area contributed by atoms with Crippen LogP contribution in [0.4, 0.5) is 5.69 Å². The summed E-state index contributed by atoms with van der Waals surface area (Å²) in [7, 11) is -3.58. The molecule has 182 valence electrons. The highest BCUT2D eigenvalue weighted by molar-refractivity contribution is 7.89. The summed E-state index contributed by atoms with van der Waals surface area (Å²) in [6.45, 7) is 3.17. The Morgan fingerprint density at radius 3 is 2.21 bits per heavy atom. The van der Waals surface area contributed by atoms with Gasteiger partial charge in [0.2, 0.25) is 15.9 Å². The average molecular weight is 487 g/mol. The molecule has 2 aliphatic heterocycles. The van der Waals surface area contributed by atoms with E-state index in [1.165, 1.54) is 16.4 Å². The van der Waals surface area contributed by atoms with Crippen molar-refractivity contribution in [1.82, 2.24) is 14.5 Å². The van der Waals surface area contributed by atoms with E-state index in [9.17, 15) is 18.0 Å². The highest BCUT2D eigenvalue weighted by atomic mass is 32.2. The van der Waals surface area contributed by atoms with Crippen molar-refractivity contribution in [3.8, 4) is 0 Å². The number of likely N-dealkylation sites (tertiary alicyclic amines) is 1. The maximum atomic E-state index is 12.7. The third-order valence-electron chi connectivity index (χ3n) is 6.07. The lowest BCUT2D eigenvalue weighted by Crippen LogP contribution is -2.46. The molecule has 9 nitrogen and oxygen atoms in total. The van der Waals surface area contributed by atoms with E-state index in [4.69, 9.17) is 4.74 Å². The Kier molecular flexibility index (Phi) is 7.94. The fourth-order valence-electron chi connectivity index (χ4n) is 4.14. The minimum atomic E-state index is -3.58. The first kappa shape index (κ1) is 24.3. The number of benzene rings is 2. The van der Waals surface area contributed by atoms with Crippen LogP contribution in [-0.4, -0.2) is 81.4 Å². The molecule has 0 bridgehead atoms. The molecule has 2 aromatic carbocycles. The van der Waals surface area contributed by atoms with Gasteiger partial charge in [-0.05, 0) is 49.2 Å². The maximum Gasteiger partial charge on any atom is 0.251 e. The largest absolute Gasteiger partial charge is 0.379 e. The zero-order valence-electron chi connectivity index (χ0n) is 19.0. The van der Waals surface area contributed by atoms with Crippen molar-refractivity contribution in [3.63, 3.8) is 0 Å². The molecule has 2 saturated heterocycles. The van der Waals surface area contributed by atoms with Gasteiger partial charge in [-0.25, -0.2) is 8.42 Å². The second kappa shape index (κ2) is 11.1. The molecule has 34 heavy (non-hydrogen) atoms. The smallest absolute Gasteiger partial charge is 0.251 e. The number of rotatable bonds is 7. The molecule has 0 unspecified atom stereocenters. The lowest BCUT2D eigenvalue weighted by atomic mass is 10.0. The lowest BCUT2D eigenvalue weighted by Gasteiger charge is -2.31. The Balaban J connectivity index is 1.24. The third-order valence-corrected chi connectivity index (χ3v) is 7.98. The topological polar surface area (TPSA) is 108 Å². The van der Waals surface area contributed by atoms with Gasteiger partial charge in [-0.15, -0.1) is 0 Å². The predicted octanol–water partition coefficient (Wildman–Crippen LogP) is 1.54. The first-order valence-corrected chi connectivity index (χ1v) is 12.9. The zero-order chi connectivity index (χ0) is 24.0. The van der Waals surface area contributed by atoms with Crippen LogP contribution in [0.1, 0.15) is 23.2 Å². The zero-order valence-corrected chi connectivity index (χ0v) is 19.8. The molecule has 2 N–H and O–H groups in total. The highest BCUT2D eigenvalue weighted by Gasteiger charge is 2.27. The van der Waals surface area contributed by atoms with Gasteiger partial charge < -0.3 is 15.4 Å². The van der Waals surface area contributed by atoms with Crippen LogP contribution < -0.4 is 10.6 Å². The van der Waals surface area contributed by atoms with Crippen molar-refractivity contribution in [3.05, 3.63) is 60.2 Å². The van der Waals surface area contributed by atoms with Gasteiger partial charge in [0.15, 0.2) is 0 Å². The van der Waals surface area contributed by atoms with Crippen LogP contribution in [0.15, 0.2) is 59.5 Å². The van der Waals surface area contributed by atoms with Gasteiger partial charge in [0.1, 0.15) is 0 Å².